The van der Waals surface area contributed by atoms with E-state index in [4.69, 9.17) is 5.48 Å². The maximum atomic E-state index is 12.5. The first kappa shape index (κ1) is 2.64. The normalized spacial score (nSPS) is 17.0. The van der Waals surface area contributed by atoms with Crippen molar-refractivity contribution < 1.29 is 14.6 Å². The minimum Gasteiger partial charge on any atom is -0.481 e. The maximum Gasteiger partial charge on any atom is 0.216 e. The minimum atomic E-state index is -2.67. The predicted molar refractivity (Wildman–Crippen MR) is 30.7 cm³/mol. The maximum absolute atomic E-state index is 12.5. The molecule has 2 nitrogen and oxygen atoms in total. The van der Waals surface area contributed by atoms with Crippen molar-refractivity contribution in [2.24, 2.45) is 0 Å². The van der Waals surface area contributed by atoms with Crippen molar-refractivity contribution in [2.45, 2.75) is 0 Å². The summed E-state index contributed by atoms with van der Waals surface area (Å²) >= 11 is 0. The van der Waals surface area contributed by atoms with Gasteiger partial charge in [-0.25, -0.2) is 0 Å². The standard InChI is InChI=1S/C6H6FNO/c1-9-6-4-2-3-5(7)8-6/h2-4H,1H3/i1D3,2D. The molecule has 1 aromatic heterocycles. The van der Waals surface area contributed by atoms with Crippen LogP contribution in [0.4, 0.5) is 4.39 Å². The average molecular weight is 131 g/mol. The molecule has 0 saturated heterocycles. The number of aromatic nitrogens is 1. The van der Waals surface area contributed by atoms with Crippen molar-refractivity contribution >= 4 is 0 Å². The van der Waals surface area contributed by atoms with Crippen LogP contribution in [-0.2, 0) is 0 Å². The Morgan fingerprint density at radius 1 is 1.89 bits per heavy atom. The molecule has 0 unspecified atom stereocenters. The molecule has 3 heteroatoms. The quantitative estimate of drug-likeness (QED) is 0.535. The van der Waals surface area contributed by atoms with E-state index >= 15 is 0 Å². The van der Waals surface area contributed by atoms with Gasteiger partial charge in [0, 0.05) is 6.07 Å². The summed E-state index contributed by atoms with van der Waals surface area (Å²) in [4.78, 5) is 3.15. The molecule has 0 atom stereocenters. The summed E-state index contributed by atoms with van der Waals surface area (Å²) in [6, 6.07) is 1.69. The molecule has 1 rings (SSSR count). The summed E-state index contributed by atoms with van der Waals surface area (Å²) in [5.41, 5.74) is 0. The fourth-order valence-corrected chi connectivity index (χ4v) is 0.404. The zero-order chi connectivity index (χ0) is 10.1. The first-order chi connectivity index (χ1) is 5.87. The highest BCUT2D eigenvalue weighted by molar-refractivity contribution is 5.09. The summed E-state index contributed by atoms with van der Waals surface area (Å²) < 4.78 is 43.9. The molecule has 1 aromatic rings. The number of pyridine rings is 1. The topological polar surface area (TPSA) is 22.1 Å². The van der Waals surface area contributed by atoms with Gasteiger partial charge in [-0.15, -0.1) is 0 Å². The van der Waals surface area contributed by atoms with Crippen LogP contribution in [0.1, 0.15) is 5.48 Å². The van der Waals surface area contributed by atoms with Gasteiger partial charge in [0.2, 0.25) is 11.8 Å². The van der Waals surface area contributed by atoms with Gasteiger partial charge < -0.3 is 4.74 Å². The Kier molecular flexibility index (Phi) is 0.716. The first-order valence-electron chi connectivity index (χ1n) is 4.20. The van der Waals surface area contributed by atoms with Gasteiger partial charge in [-0.1, -0.05) is 6.04 Å². The van der Waals surface area contributed by atoms with Crippen LogP contribution in [0.2, 0.25) is 0 Å². The highest BCUT2D eigenvalue weighted by Crippen LogP contribution is 2.03. The average Bonchev–Trinajstić information content (AvgIpc) is 1.78. The van der Waals surface area contributed by atoms with Gasteiger partial charge >= 0.3 is 0 Å². The Hall–Kier alpha value is -1.12. The van der Waals surface area contributed by atoms with E-state index in [1.165, 1.54) is 0 Å². The van der Waals surface area contributed by atoms with Crippen LogP contribution in [0, 0.1) is 5.95 Å². The smallest absolute Gasteiger partial charge is 0.216 e. The second kappa shape index (κ2) is 2.44. The molecule has 0 saturated carbocycles. The van der Waals surface area contributed by atoms with E-state index in [9.17, 15) is 4.39 Å². The molecule has 0 fully saturated rings. The van der Waals surface area contributed by atoms with E-state index in [0.29, 0.717) is 0 Å². The van der Waals surface area contributed by atoms with Crippen LogP contribution in [0.25, 0.3) is 0 Å². The number of halogens is 1. The van der Waals surface area contributed by atoms with E-state index in [0.717, 1.165) is 12.1 Å². The minimum absolute atomic E-state index is 0.188. The number of hydrogen-bond donors (Lipinski definition) is 0. The van der Waals surface area contributed by atoms with E-state index < -0.39 is 18.9 Å². The SMILES string of the molecule is [2H]c1cc(F)nc(OC([2H])([2H])[2H])c1. The second-order valence-electron chi connectivity index (χ2n) is 1.33. The van der Waals surface area contributed by atoms with Crippen LogP contribution in [0.15, 0.2) is 18.2 Å². The molecule has 48 valence electrons. The van der Waals surface area contributed by atoms with Crippen LogP contribution in [-0.4, -0.2) is 12.0 Å². The lowest BCUT2D eigenvalue weighted by molar-refractivity contribution is 0.387. The van der Waals surface area contributed by atoms with Crippen molar-refractivity contribution in [2.75, 3.05) is 7.04 Å². The summed E-state index contributed by atoms with van der Waals surface area (Å²) in [6.45, 7) is 0. The molecule has 0 N–H and O–H groups in total. The highest BCUT2D eigenvalue weighted by Gasteiger charge is 1.91. The van der Waals surface area contributed by atoms with Crippen molar-refractivity contribution in [3.05, 3.63) is 24.1 Å². The molecule has 0 spiro atoms. The Morgan fingerprint density at radius 2 is 2.78 bits per heavy atom. The van der Waals surface area contributed by atoms with Crippen LogP contribution in [0.5, 0.6) is 5.88 Å². The van der Waals surface area contributed by atoms with Crippen LogP contribution < -0.4 is 4.74 Å². The summed E-state index contributed by atoms with van der Waals surface area (Å²) in [5, 5.41) is 0. The lowest BCUT2D eigenvalue weighted by Crippen LogP contribution is -1.88. The molecule has 0 aliphatic heterocycles. The molecular weight excluding hydrogens is 121 g/mol. The van der Waals surface area contributed by atoms with Gasteiger partial charge in [-0.2, -0.15) is 9.37 Å². The zero-order valence-electron chi connectivity index (χ0n) is 8.39. The Bertz CT molecular complexity index is 294. The van der Waals surface area contributed by atoms with Gasteiger partial charge in [0.25, 0.3) is 0 Å². The number of methoxy groups -OCH3 is 1. The second-order valence-corrected chi connectivity index (χ2v) is 1.33. The Labute approximate surface area is 57.9 Å². The summed E-state index contributed by atoms with van der Waals surface area (Å²) in [6.07, 6.45) is 0. The Balaban J connectivity index is 2.90. The number of nitrogens with zero attached hydrogens (tertiary/aromatic N) is 1. The fourth-order valence-electron chi connectivity index (χ4n) is 0.404. The molecule has 0 aliphatic carbocycles. The largest absolute Gasteiger partial charge is 0.481 e. The molecule has 0 aliphatic rings. The van der Waals surface area contributed by atoms with Crippen molar-refractivity contribution in [1.29, 1.82) is 0 Å². The van der Waals surface area contributed by atoms with E-state index in [1.807, 2.05) is 0 Å². The third kappa shape index (κ3) is 1.38. The van der Waals surface area contributed by atoms with Crippen molar-refractivity contribution in [1.82, 2.24) is 4.98 Å². The van der Waals surface area contributed by atoms with Gasteiger partial charge in [0.15, 0.2) is 0 Å². The van der Waals surface area contributed by atoms with Crippen molar-refractivity contribution in [3.63, 3.8) is 0 Å². The highest BCUT2D eigenvalue weighted by atomic mass is 19.1. The van der Waals surface area contributed by atoms with Gasteiger partial charge in [0.1, 0.15) is 0 Å². The lowest BCUT2D eigenvalue weighted by Gasteiger charge is -1.94. The van der Waals surface area contributed by atoms with Crippen LogP contribution >= 0.6 is 0 Å². The third-order valence-electron chi connectivity index (χ3n) is 0.731. The zero-order valence-corrected chi connectivity index (χ0v) is 4.39. The Morgan fingerprint density at radius 3 is 3.44 bits per heavy atom. The predicted octanol–water partition coefficient (Wildman–Crippen LogP) is 1.23. The fraction of sp³-hybridized carbons (Fsp3) is 0.167. The molecule has 0 bridgehead atoms. The molecule has 0 aromatic carbocycles. The lowest BCUT2D eigenvalue weighted by atomic mass is 10.5. The summed E-state index contributed by atoms with van der Waals surface area (Å²) in [5.74, 6) is -1.35. The molecule has 1 heterocycles. The first-order valence-corrected chi connectivity index (χ1v) is 2.20. The molecular formula is C6H6FNO. The molecule has 0 amide bonds. The van der Waals surface area contributed by atoms with Gasteiger partial charge in [0.05, 0.1) is 12.5 Å². The monoisotopic (exact) mass is 131 g/mol. The van der Waals surface area contributed by atoms with E-state index in [1.54, 1.807) is 0 Å². The van der Waals surface area contributed by atoms with Gasteiger partial charge in [-0.05, 0) is 6.07 Å². The van der Waals surface area contributed by atoms with E-state index in [2.05, 4.69) is 9.72 Å². The number of ether oxygens (including phenoxy) is 1. The summed E-state index contributed by atoms with van der Waals surface area (Å²) in [7, 11) is -2.67. The number of hydrogen-bond acceptors (Lipinski definition) is 2. The molecule has 0 radical (unpaired) electrons. The third-order valence-corrected chi connectivity index (χ3v) is 0.731. The molecule has 9 heavy (non-hydrogen) atoms. The van der Waals surface area contributed by atoms with E-state index in [-0.39, 0.29) is 6.04 Å². The van der Waals surface area contributed by atoms with Gasteiger partial charge in [-0.3, -0.25) is 0 Å². The van der Waals surface area contributed by atoms with Crippen LogP contribution in [0.3, 0.4) is 0 Å². The van der Waals surface area contributed by atoms with Crippen molar-refractivity contribution in [3.8, 4) is 5.88 Å². The number of rotatable bonds is 1.